The molecule has 1 nitrogen and oxygen atoms in total. The number of hydrogen-bond donors (Lipinski definition) is 0. The lowest BCUT2D eigenvalue weighted by atomic mass is 9.70. The van der Waals surface area contributed by atoms with Crippen molar-refractivity contribution in [1.82, 2.24) is 0 Å². The average molecular weight is 660 g/mol. The minimum absolute atomic E-state index is 0.345. The first kappa shape index (κ1) is 29.1. The van der Waals surface area contributed by atoms with Crippen molar-refractivity contribution in [3.63, 3.8) is 0 Å². The molecule has 0 unspecified atom stereocenters. The summed E-state index contributed by atoms with van der Waals surface area (Å²) in [4.78, 5) is 2.39. The number of rotatable bonds is 4. The Morgan fingerprint density at radius 1 is 0.288 bits per heavy atom. The molecule has 2 aliphatic carbocycles. The SMILES string of the molecule is c1ccc(N(c2ccc(-c3ccc4ccc5ccccc5c4c3)cc2)c2ccc3c(c2)-c2ccccc2C32c3ccccc3-c3ccccc32)cc1. The van der Waals surface area contributed by atoms with E-state index in [4.69, 9.17) is 0 Å². The number of para-hydroxylation sites is 1. The molecule has 0 aromatic heterocycles. The maximum absolute atomic E-state index is 2.42. The summed E-state index contributed by atoms with van der Waals surface area (Å²) in [5.74, 6) is 0. The Balaban J connectivity index is 1.06. The van der Waals surface area contributed by atoms with Crippen LogP contribution in [0, 0.1) is 0 Å². The van der Waals surface area contributed by atoms with E-state index in [2.05, 4.69) is 205 Å². The van der Waals surface area contributed by atoms with Crippen LogP contribution in [0.5, 0.6) is 0 Å². The fourth-order valence-corrected chi connectivity index (χ4v) is 9.24. The van der Waals surface area contributed by atoms with Gasteiger partial charge in [-0.1, -0.05) is 158 Å². The summed E-state index contributed by atoms with van der Waals surface area (Å²) in [5, 5.41) is 5.11. The Labute approximate surface area is 303 Å². The molecule has 0 radical (unpaired) electrons. The summed E-state index contributed by atoms with van der Waals surface area (Å²) < 4.78 is 0. The van der Waals surface area contributed by atoms with E-state index in [0.717, 1.165) is 17.1 Å². The first-order valence-electron chi connectivity index (χ1n) is 18.1. The highest BCUT2D eigenvalue weighted by atomic mass is 15.1. The summed E-state index contributed by atoms with van der Waals surface area (Å²) in [6.07, 6.45) is 0. The van der Waals surface area contributed by atoms with Crippen molar-refractivity contribution in [1.29, 1.82) is 0 Å². The molecular weight excluding hydrogens is 627 g/mol. The minimum atomic E-state index is -0.345. The molecule has 0 aliphatic heterocycles. The van der Waals surface area contributed by atoms with Crippen LogP contribution in [0.1, 0.15) is 22.3 Å². The summed E-state index contributed by atoms with van der Waals surface area (Å²) >= 11 is 0. The summed E-state index contributed by atoms with van der Waals surface area (Å²) in [7, 11) is 0. The second-order valence-corrected chi connectivity index (χ2v) is 14.1. The highest BCUT2D eigenvalue weighted by molar-refractivity contribution is 6.08. The Morgan fingerprint density at radius 2 is 0.769 bits per heavy atom. The molecule has 0 amide bonds. The van der Waals surface area contributed by atoms with Crippen molar-refractivity contribution in [2.45, 2.75) is 5.41 Å². The molecular formula is C51H33N. The molecule has 11 rings (SSSR count). The zero-order valence-electron chi connectivity index (χ0n) is 28.5. The summed E-state index contributed by atoms with van der Waals surface area (Å²) in [6, 6.07) is 73.9. The van der Waals surface area contributed by atoms with Crippen LogP contribution in [0.25, 0.3) is 54.9 Å². The quantitative estimate of drug-likeness (QED) is 0.170. The largest absolute Gasteiger partial charge is 0.310 e. The molecule has 2 aliphatic rings. The maximum atomic E-state index is 2.42. The molecule has 9 aromatic rings. The van der Waals surface area contributed by atoms with Crippen LogP contribution >= 0.6 is 0 Å². The number of nitrogens with zero attached hydrogens (tertiary/aromatic N) is 1. The first-order chi connectivity index (χ1) is 25.8. The Morgan fingerprint density at radius 3 is 1.46 bits per heavy atom. The third-order valence-corrected chi connectivity index (χ3v) is 11.5. The Kier molecular flexibility index (Phi) is 6.23. The van der Waals surface area contributed by atoms with Gasteiger partial charge in [-0.05, 0) is 120 Å². The molecule has 0 saturated carbocycles. The van der Waals surface area contributed by atoms with Crippen molar-refractivity contribution in [2.75, 3.05) is 4.90 Å². The van der Waals surface area contributed by atoms with E-state index in [1.807, 2.05) is 0 Å². The first-order valence-corrected chi connectivity index (χ1v) is 18.1. The number of hydrogen-bond acceptors (Lipinski definition) is 1. The molecule has 0 heterocycles. The van der Waals surface area contributed by atoms with Gasteiger partial charge in [0.15, 0.2) is 0 Å². The summed E-state index contributed by atoms with van der Waals surface area (Å²) in [6.45, 7) is 0. The van der Waals surface area contributed by atoms with Crippen molar-refractivity contribution in [2.24, 2.45) is 0 Å². The van der Waals surface area contributed by atoms with Crippen molar-refractivity contribution < 1.29 is 0 Å². The molecule has 0 bridgehead atoms. The van der Waals surface area contributed by atoms with E-state index in [9.17, 15) is 0 Å². The van der Waals surface area contributed by atoms with Gasteiger partial charge < -0.3 is 4.90 Å². The lowest BCUT2D eigenvalue weighted by molar-refractivity contribution is 0.794. The van der Waals surface area contributed by atoms with Crippen LogP contribution in [0.3, 0.4) is 0 Å². The fraction of sp³-hybridized carbons (Fsp3) is 0.0196. The number of fused-ring (bicyclic) bond motifs is 13. The fourth-order valence-electron chi connectivity index (χ4n) is 9.24. The molecule has 0 fully saturated rings. The predicted octanol–water partition coefficient (Wildman–Crippen LogP) is 13.5. The zero-order valence-corrected chi connectivity index (χ0v) is 28.5. The average Bonchev–Trinajstić information content (AvgIpc) is 3.68. The molecule has 1 heteroatoms. The molecule has 0 atom stereocenters. The van der Waals surface area contributed by atoms with Gasteiger partial charge in [0.2, 0.25) is 0 Å². The predicted molar refractivity (Wildman–Crippen MR) is 218 cm³/mol. The van der Waals surface area contributed by atoms with Gasteiger partial charge in [0.05, 0.1) is 5.41 Å². The lowest BCUT2D eigenvalue weighted by Crippen LogP contribution is -2.25. The van der Waals surface area contributed by atoms with Gasteiger partial charge in [-0.3, -0.25) is 0 Å². The van der Waals surface area contributed by atoms with Gasteiger partial charge in [0, 0.05) is 17.1 Å². The molecule has 1 spiro atoms. The van der Waals surface area contributed by atoms with E-state index in [1.165, 1.54) is 77.2 Å². The number of anilines is 3. The van der Waals surface area contributed by atoms with E-state index >= 15 is 0 Å². The van der Waals surface area contributed by atoms with Crippen molar-refractivity contribution in [3.05, 3.63) is 222 Å². The zero-order chi connectivity index (χ0) is 34.2. The van der Waals surface area contributed by atoms with Crippen molar-refractivity contribution >= 4 is 38.6 Å². The second kappa shape index (κ2) is 11.2. The third kappa shape index (κ3) is 4.05. The van der Waals surface area contributed by atoms with Crippen molar-refractivity contribution in [3.8, 4) is 33.4 Å². The Bertz CT molecular complexity index is 2800. The van der Waals surface area contributed by atoms with Crippen LogP contribution < -0.4 is 4.90 Å². The monoisotopic (exact) mass is 659 g/mol. The molecule has 0 saturated heterocycles. The topological polar surface area (TPSA) is 3.24 Å². The van der Waals surface area contributed by atoms with Gasteiger partial charge in [0.1, 0.15) is 0 Å². The van der Waals surface area contributed by atoms with Gasteiger partial charge in [-0.2, -0.15) is 0 Å². The highest BCUT2D eigenvalue weighted by Crippen LogP contribution is 2.63. The van der Waals surface area contributed by atoms with Crippen LogP contribution in [0.2, 0.25) is 0 Å². The molecule has 9 aromatic carbocycles. The van der Waals surface area contributed by atoms with Gasteiger partial charge in [0.25, 0.3) is 0 Å². The van der Waals surface area contributed by atoms with Gasteiger partial charge in [-0.25, -0.2) is 0 Å². The maximum Gasteiger partial charge on any atom is 0.0725 e. The summed E-state index contributed by atoms with van der Waals surface area (Å²) in [5.41, 5.74) is 16.2. The van der Waals surface area contributed by atoms with Crippen LogP contribution in [-0.4, -0.2) is 0 Å². The molecule has 0 N–H and O–H groups in total. The van der Waals surface area contributed by atoms with Crippen LogP contribution in [-0.2, 0) is 5.41 Å². The molecule has 242 valence electrons. The Hall–Kier alpha value is -6.70. The normalized spacial score (nSPS) is 13.2. The minimum Gasteiger partial charge on any atom is -0.310 e. The van der Waals surface area contributed by atoms with Crippen LogP contribution in [0.4, 0.5) is 17.1 Å². The second-order valence-electron chi connectivity index (χ2n) is 14.1. The van der Waals surface area contributed by atoms with E-state index in [-0.39, 0.29) is 5.41 Å². The lowest BCUT2D eigenvalue weighted by Gasteiger charge is -2.31. The smallest absolute Gasteiger partial charge is 0.0725 e. The third-order valence-electron chi connectivity index (χ3n) is 11.5. The highest BCUT2D eigenvalue weighted by Gasteiger charge is 2.51. The van der Waals surface area contributed by atoms with E-state index in [0.29, 0.717) is 0 Å². The standard InChI is InChI=1S/C51H33N/c1-2-13-38(14-3-1)52(39-28-26-34(27-29-39)37-25-24-36-23-22-35-12-4-5-15-41(35)45(36)32-37)40-30-31-50-46(33-40)44-18-8-11-21-49(44)51(50)47-19-9-6-16-42(47)43-17-7-10-20-48(43)51/h1-33H. The van der Waals surface area contributed by atoms with E-state index < -0.39 is 0 Å². The van der Waals surface area contributed by atoms with Gasteiger partial charge in [-0.15, -0.1) is 0 Å². The van der Waals surface area contributed by atoms with E-state index in [1.54, 1.807) is 0 Å². The number of benzene rings is 9. The van der Waals surface area contributed by atoms with Crippen LogP contribution in [0.15, 0.2) is 200 Å². The van der Waals surface area contributed by atoms with Gasteiger partial charge >= 0.3 is 0 Å². The molecule has 52 heavy (non-hydrogen) atoms.